The first kappa shape index (κ1) is 26.7. The van der Waals surface area contributed by atoms with Crippen LogP contribution in [-0.4, -0.2) is 5.84 Å². The smallest absolute Gasteiger partial charge is 0.133 e. The molecule has 0 bridgehead atoms. The van der Waals surface area contributed by atoms with Gasteiger partial charge < -0.3 is 5.32 Å². The molecule has 2 heteroatoms. The summed E-state index contributed by atoms with van der Waals surface area (Å²) in [5.74, 6) is 0.925. The molecule has 0 saturated carbocycles. The van der Waals surface area contributed by atoms with Crippen LogP contribution in [0.4, 0.5) is 5.69 Å². The van der Waals surface area contributed by atoms with E-state index in [1.54, 1.807) is 0 Å². The minimum atomic E-state index is -0.128. The Morgan fingerprint density at radius 3 is 2.38 bits per heavy atom. The lowest BCUT2D eigenvalue weighted by Gasteiger charge is -2.29. The fourth-order valence-electron chi connectivity index (χ4n) is 8.64. The Bertz CT molecular complexity index is 2640. The Morgan fingerprint density at radius 2 is 1.45 bits per heavy atom. The molecule has 2 nitrogen and oxygen atoms in total. The topological polar surface area (TPSA) is 24.4 Å². The normalized spacial score (nSPS) is 18.9. The standard InChI is InChI=1S/C45H34N2/c1-3-45(2)38-17-7-6-16-35(38)36-22-21-32(26-39(36)45)42-37-23-20-27-10-4-5-15-34(27)43(37)47-44(46-42)33-24-30-14-9-12-28-11-8-13-29-18-19-31(25-33)41(30)40(28)29/h4-8,10-26,42H,3,9H2,1-2H3,(H,46,47). The van der Waals surface area contributed by atoms with Gasteiger partial charge in [0.05, 0.1) is 5.69 Å². The lowest BCUT2D eigenvalue weighted by atomic mass is 9.77. The van der Waals surface area contributed by atoms with Crippen molar-refractivity contribution in [3.05, 3.63) is 160 Å². The van der Waals surface area contributed by atoms with E-state index in [1.807, 2.05) is 0 Å². The number of nitrogens with zero attached hydrogens (tertiary/aromatic N) is 1. The lowest BCUT2D eigenvalue weighted by molar-refractivity contribution is 0.563. The van der Waals surface area contributed by atoms with Crippen LogP contribution < -0.4 is 15.8 Å². The van der Waals surface area contributed by atoms with Crippen molar-refractivity contribution in [2.75, 3.05) is 5.32 Å². The highest BCUT2D eigenvalue weighted by Gasteiger charge is 2.38. The number of rotatable bonds is 3. The van der Waals surface area contributed by atoms with Crippen LogP contribution in [0.15, 0.2) is 126 Å². The first-order valence-corrected chi connectivity index (χ1v) is 16.9. The average molecular weight is 603 g/mol. The highest BCUT2D eigenvalue weighted by Crippen LogP contribution is 2.52. The monoisotopic (exact) mass is 602 g/mol. The molecule has 47 heavy (non-hydrogen) atoms. The summed E-state index contributed by atoms with van der Waals surface area (Å²) in [4.78, 5) is 5.59. The van der Waals surface area contributed by atoms with Gasteiger partial charge in [-0.15, -0.1) is 0 Å². The van der Waals surface area contributed by atoms with Gasteiger partial charge in [-0.1, -0.05) is 135 Å². The number of hydrogen-bond donors (Lipinski definition) is 1. The number of anilines is 1. The lowest BCUT2D eigenvalue weighted by Crippen LogP contribution is -2.24. The summed E-state index contributed by atoms with van der Waals surface area (Å²) >= 11 is 0. The zero-order valence-corrected chi connectivity index (χ0v) is 26.6. The quantitative estimate of drug-likeness (QED) is 0.200. The molecule has 10 rings (SSSR count). The van der Waals surface area contributed by atoms with Crippen LogP contribution in [0.1, 0.15) is 60.5 Å². The van der Waals surface area contributed by atoms with Gasteiger partial charge in [0.15, 0.2) is 0 Å². The number of aliphatic imine (C=N–C) groups is 1. The average Bonchev–Trinajstić information content (AvgIpc) is 3.23. The Balaban J connectivity index is 1.20. The molecule has 1 aliphatic heterocycles. The van der Waals surface area contributed by atoms with Crippen molar-refractivity contribution in [1.82, 2.24) is 0 Å². The second kappa shape index (κ2) is 9.77. The highest BCUT2D eigenvalue weighted by molar-refractivity contribution is 6.17. The van der Waals surface area contributed by atoms with Crippen LogP contribution in [0, 0.1) is 0 Å². The first-order valence-electron chi connectivity index (χ1n) is 16.9. The van der Waals surface area contributed by atoms with E-state index in [2.05, 4.69) is 153 Å². The Labute approximate surface area is 274 Å². The molecule has 0 amide bonds. The molecule has 1 heterocycles. The van der Waals surface area contributed by atoms with Crippen LogP contribution in [0.25, 0.3) is 55.6 Å². The second-order valence-electron chi connectivity index (χ2n) is 13.6. The summed E-state index contributed by atoms with van der Waals surface area (Å²) < 4.78 is 0. The molecule has 1 N–H and O–H groups in total. The molecule has 2 unspecified atom stereocenters. The van der Waals surface area contributed by atoms with Gasteiger partial charge in [-0.2, -0.15) is 0 Å². The molecule has 0 fully saturated rings. The summed E-state index contributed by atoms with van der Waals surface area (Å²) in [5, 5.41) is 14.2. The molecule has 224 valence electrons. The molecular weight excluding hydrogens is 569 g/mol. The first-order chi connectivity index (χ1) is 23.1. The number of benzene rings is 7. The zero-order valence-electron chi connectivity index (χ0n) is 26.6. The summed E-state index contributed by atoms with van der Waals surface area (Å²) in [6, 6.07) is 45.1. The van der Waals surface area contributed by atoms with Crippen molar-refractivity contribution < 1.29 is 0 Å². The molecule has 0 aromatic heterocycles. The van der Waals surface area contributed by atoms with Crippen molar-refractivity contribution in [2.45, 2.75) is 38.1 Å². The SMILES string of the molecule is CCC1(C)c2ccccc2-c2ccc(C3N=C(c4cc5c6c(ccc7cccc(c76)=CCC=5)c4)Nc4c3ccc3ccccc43)cc21. The molecule has 0 spiro atoms. The van der Waals surface area contributed by atoms with Crippen molar-refractivity contribution in [3.8, 4) is 11.1 Å². The Kier molecular flexibility index (Phi) is 5.55. The Morgan fingerprint density at radius 1 is 0.681 bits per heavy atom. The fourth-order valence-corrected chi connectivity index (χ4v) is 8.64. The minimum absolute atomic E-state index is 0.0262. The van der Waals surface area contributed by atoms with Crippen molar-refractivity contribution in [2.24, 2.45) is 4.99 Å². The maximum absolute atomic E-state index is 5.59. The molecule has 2 atom stereocenters. The van der Waals surface area contributed by atoms with Gasteiger partial charge in [0.25, 0.3) is 0 Å². The van der Waals surface area contributed by atoms with Gasteiger partial charge in [0, 0.05) is 21.9 Å². The maximum atomic E-state index is 5.59. The number of amidine groups is 1. The van der Waals surface area contributed by atoms with E-state index >= 15 is 0 Å². The van der Waals surface area contributed by atoms with Crippen LogP contribution in [0.5, 0.6) is 0 Å². The van der Waals surface area contributed by atoms with E-state index in [0.717, 1.165) is 29.9 Å². The fraction of sp³-hybridized carbons (Fsp3) is 0.133. The van der Waals surface area contributed by atoms with E-state index in [1.165, 1.54) is 76.1 Å². The van der Waals surface area contributed by atoms with Crippen molar-refractivity contribution in [1.29, 1.82) is 0 Å². The van der Waals surface area contributed by atoms with Gasteiger partial charge in [-0.25, -0.2) is 0 Å². The zero-order chi connectivity index (χ0) is 31.3. The molecular formula is C45H34N2. The van der Waals surface area contributed by atoms with Crippen LogP contribution in [0.3, 0.4) is 0 Å². The third kappa shape index (κ3) is 3.76. The molecule has 2 aliphatic carbocycles. The highest BCUT2D eigenvalue weighted by atomic mass is 15.0. The van der Waals surface area contributed by atoms with E-state index in [0.29, 0.717) is 0 Å². The summed E-state index contributed by atoms with van der Waals surface area (Å²) in [6.07, 6.45) is 6.69. The van der Waals surface area contributed by atoms with Gasteiger partial charge in [0.2, 0.25) is 0 Å². The predicted molar refractivity (Wildman–Crippen MR) is 199 cm³/mol. The molecule has 0 radical (unpaired) electrons. The molecule has 0 saturated heterocycles. The molecule has 3 aliphatic rings. The third-order valence-electron chi connectivity index (χ3n) is 11.2. The number of nitrogens with one attached hydrogen (secondary N) is 1. The van der Waals surface area contributed by atoms with E-state index in [9.17, 15) is 0 Å². The summed E-state index contributed by atoms with van der Waals surface area (Å²) in [7, 11) is 0. The van der Waals surface area contributed by atoms with Gasteiger partial charge in [0.1, 0.15) is 11.9 Å². The van der Waals surface area contributed by atoms with Crippen molar-refractivity contribution in [3.63, 3.8) is 0 Å². The van der Waals surface area contributed by atoms with E-state index < -0.39 is 0 Å². The Hall–Kier alpha value is -5.47. The van der Waals surface area contributed by atoms with Gasteiger partial charge in [-0.3, -0.25) is 4.99 Å². The largest absolute Gasteiger partial charge is 0.339 e. The third-order valence-corrected chi connectivity index (χ3v) is 11.2. The summed E-state index contributed by atoms with van der Waals surface area (Å²) in [6.45, 7) is 4.72. The molecule has 7 aromatic carbocycles. The van der Waals surface area contributed by atoms with E-state index in [4.69, 9.17) is 4.99 Å². The molecule has 7 aromatic rings. The number of fused-ring (bicyclic) bond motifs is 6. The van der Waals surface area contributed by atoms with Gasteiger partial charge in [-0.05, 0) is 90.2 Å². The van der Waals surface area contributed by atoms with Gasteiger partial charge >= 0.3 is 0 Å². The maximum Gasteiger partial charge on any atom is 0.133 e. The summed E-state index contributed by atoms with van der Waals surface area (Å²) in [5.41, 5.74) is 10.3. The van der Waals surface area contributed by atoms with Crippen LogP contribution in [0.2, 0.25) is 0 Å². The van der Waals surface area contributed by atoms with Crippen LogP contribution in [-0.2, 0) is 5.41 Å². The van der Waals surface area contributed by atoms with Crippen molar-refractivity contribution >= 4 is 56.0 Å². The van der Waals surface area contributed by atoms with E-state index in [-0.39, 0.29) is 11.5 Å². The number of hydrogen-bond acceptors (Lipinski definition) is 2. The predicted octanol–water partition coefficient (Wildman–Crippen LogP) is 9.77. The minimum Gasteiger partial charge on any atom is -0.339 e. The second-order valence-corrected chi connectivity index (χ2v) is 13.6. The van der Waals surface area contributed by atoms with Crippen LogP contribution >= 0.6 is 0 Å².